The zero-order valence-electron chi connectivity index (χ0n) is 11.0. The van der Waals surface area contributed by atoms with E-state index in [2.05, 4.69) is 42.4 Å². The van der Waals surface area contributed by atoms with Gasteiger partial charge in [0.1, 0.15) is 0 Å². The van der Waals surface area contributed by atoms with Crippen molar-refractivity contribution >= 4 is 11.6 Å². The van der Waals surface area contributed by atoms with E-state index in [9.17, 15) is 0 Å². The van der Waals surface area contributed by atoms with Crippen LogP contribution >= 0.6 is 11.6 Å². The number of rotatable bonds is 6. The topological polar surface area (TPSA) is 3.24 Å². The lowest BCUT2D eigenvalue weighted by Crippen LogP contribution is -2.24. The Balaban J connectivity index is 2.56. The molecule has 0 aromatic heterocycles. The van der Waals surface area contributed by atoms with Crippen LogP contribution in [0, 0.1) is 11.8 Å². The van der Waals surface area contributed by atoms with Crippen molar-refractivity contribution in [2.45, 2.75) is 26.3 Å². The van der Waals surface area contributed by atoms with Gasteiger partial charge in [0.25, 0.3) is 0 Å². The third-order valence-electron chi connectivity index (χ3n) is 2.45. The summed E-state index contributed by atoms with van der Waals surface area (Å²) in [4.78, 5) is 2.20. The monoisotopic (exact) mass is 261 g/mol. The van der Waals surface area contributed by atoms with Gasteiger partial charge in [0.05, 0.1) is 6.54 Å². The summed E-state index contributed by atoms with van der Waals surface area (Å²) >= 11 is 5.89. The Morgan fingerprint density at radius 2 is 2.00 bits per heavy atom. The zero-order chi connectivity index (χ0) is 13.2. The van der Waals surface area contributed by atoms with Crippen molar-refractivity contribution < 1.29 is 0 Å². The van der Waals surface area contributed by atoms with E-state index < -0.39 is 0 Å². The molecular formula is C16H20ClN. The summed E-state index contributed by atoms with van der Waals surface area (Å²) in [5.74, 6) is 6.35. The fraction of sp³-hybridized carbons (Fsp3) is 0.375. The average molecular weight is 262 g/mol. The Morgan fingerprint density at radius 1 is 1.28 bits per heavy atom. The van der Waals surface area contributed by atoms with E-state index in [-0.39, 0.29) is 0 Å². The first-order chi connectivity index (χ1) is 8.72. The third kappa shape index (κ3) is 6.49. The molecule has 2 heteroatoms. The largest absolute Gasteiger partial charge is 0.283 e. The van der Waals surface area contributed by atoms with Crippen LogP contribution in [0.25, 0.3) is 0 Å². The molecule has 0 unspecified atom stereocenters. The van der Waals surface area contributed by atoms with Crippen molar-refractivity contribution in [3.8, 4) is 11.8 Å². The summed E-state index contributed by atoms with van der Waals surface area (Å²) in [5.41, 5.74) is 1.27. The van der Waals surface area contributed by atoms with Crippen molar-refractivity contribution in [3.63, 3.8) is 0 Å². The average Bonchev–Trinajstić information content (AvgIpc) is 2.35. The zero-order valence-corrected chi connectivity index (χ0v) is 11.7. The minimum Gasteiger partial charge on any atom is -0.283 e. The first kappa shape index (κ1) is 14.8. The smallest absolute Gasteiger partial charge is 0.0608 e. The Labute approximate surface area is 115 Å². The van der Waals surface area contributed by atoms with Crippen LogP contribution in [0.3, 0.4) is 0 Å². The fourth-order valence-electron chi connectivity index (χ4n) is 1.63. The molecule has 0 radical (unpaired) electrons. The van der Waals surface area contributed by atoms with Gasteiger partial charge in [-0.3, -0.25) is 4.90 Å². The maximum atomic E-state index is 5.89. The van der Waals surface area contributed by atoms with Crippen LogP contribution in [0.5, 0.6) is 0 Å². The van der Waals surface area contributed by atoms with Gasteiger partial charge in [0.15, 0.2) is 0 Å². The van der Waals surface area contributed by atoms with Crippen LogP contribution in [0.1, 0.15) is 25.3 Å². The second-order valence-corrected chi connectivity index (χ2v) is 4.79. The van der Waals surface area contributed by atoms with Crippen LogP contribution < -0.4 is 0 Å². The highest BCUT2D eigenvalue weighted by atomic mass is 35.5. The Kier molecular flexibility index (Phi) is 7.25. The molecule has 1 aromatic carbocycles. The van der Waals surface area contributed by atoms with Gasteiger partial charge >= 0.3 is 0 Å². The first-order valence-corrected chi connectivity index (χ1v) is 6.65. The summed E-state index contributed by atoms with van der Waals surface area (Å²) in [6.45, 7) is 8.16. The normalized spacial score (nSPS) is 9.94. The van der Waals surface area contributed by atoms with Gasteiger partial charge in [0, 0.05) is 24.5 Å². The van der Waals surface area contributed by atoms with Gasteiger partial charge in [-0.15, -0.1) is 5.92 Å². The minimum absolute atomic E-state index is 0.656. The lowest BCUT2D eigenvalue weighted by molar-refractivity contribution is 0.330. The molecule has 0 heterocycles. The van der Waals surface area contributed by atoms with Crippen LogP contribution in [-0.4, -0.2) is 18.0 Å². The van der Waals surface area contributed by atoms with Crippen molar-refractivity contribution in [2.75, 3.05) is 13.1 Å². The van der Waals surface area contributed by atoms with Gasteiger partial charge in [-0.25, -0.2) is 0 Å². The summed E-state index contributed by atoms with van der Waals surface area (Å²) in [7, 11) is 0. The van der Waals surface area contributed by atoms with E-state index in [0.717, 1.165) is 25.9 Å². The molecule has 1 nitrogen and oxygen atoms in total. The molecule has 0 saturated carbocycles. The lowest BCUT2D eigenvalue weighted by atomic mass is 10.2. The van der Waals surface area contributed by atoms with Gasteiger partial charge in [-0.2, -0.15) is 0 Å². The predicted octanol–water partition coefficient (Wildman–Crippen LogP) is 4.04. The predicted molar refractivity (Wildman–Crippen MR) is 79.4 cm³/mol. The highest BCUT2D eigenvalue weighted by molar-refractivity contribution is 6.29. The van der Waals surface area contributed by atoms with Gasteiger partial charge in [-0.05, 0) is 12.0 Å². The van der Waals surface area contributed by atoms with E-state index in [0.29, 0.717) is 11.6 Å². The molecule has 0 bridgehead atoms. The number of benzene rings is 1. The van der Waals surface area contributed by atoms with Gasteiger partial charge < -0.3 is 0 Å². The van der Waals surface area contributed by atoms with Gasteiger partial charge in [0.2, 0.25) is 0 Å². The Hall–Kier alpha value is -1.23. The molecule has 0 N–H and O–H groups in total. The Morgan fingerprint density at radius 3 is 2.61 bits per heavy atom. The number of hydrogen-bond acceptors (Lipinski definition) is 1. The summed E-state index contributed by atoms with van der Waals surface area (Å²) in [6.07, 6.45) is 2.06. The molecule has 0 aliphatic rings. The number of unbranched alkanes of at least 4 members (excludes halogenated alkanes) is 1. The highest BCUT2D eigenvalue weighted by Crippen LogP contribution is 2.07. The van der Waals surface area contributed by atoms with Crippen LogP contribution in [-0.2, 0) is 6.54 Å². The Bertz CT molecular complexity index is 414. The molecule has 18 heavy (non-hydrogen) atoms. The van der Waals surface area contributed by atoms with Crippen LogP contribution in [0.4, 0.5) is 0 Å². The molecule has 0 aliphatic heterocycles. The summed E-state index contributed by atoms with van der Waals surface area (Å²) in [5, 5.41) is 0.656. The molecule has 0 amide bonds. The maximum absolute atomic E-state index is 5.89. The second kappa shape index (κ2) is 8.80. The molecule has 0 aliphatic carbocycles. The first-order valence-electron chi connectivity index (χ1n) is 6.27. The molecule has 96 valence electrons. The van der Waals surface area contributed by atoms with Crippen LogP contribution in [0.2, 0.25) is 0 Å². The van der Waals surface area contributed by atoms with Crippen molar-refractivity contribution in [1.29, 1.82) is 0 Å². The summed E-state index contributed by atoms with van der Waals surface area (Å²) in [6, 6.07) is 10.3. The van der Waals surface area contributed by atoms with E-state index >= 15 is 0 Å². The molecule has 1 rings (SSSR count). The lowest BCUT2D eigenvalue weighted by Gasteiger charge is -2.19. The SMILES string of the molecule is C=C(Cl)CN(CC#CCCC)Cc1ccccc1. The molecular weight excluding hydrogens is 242 g/mol. The number of nitrogens with zero attached hydrogens (tertiary/aromatic N) is 1. The van der Waals surface area contributed by atoms with E-state index in [1.165, 1.54) is 5.56 Å². The van der Waals surface area contributed by atoms with E-state index in [1.807, 2.05) is 18.2 Å². The molecule has 0 atom stereocenters. The second-order valence-electron chi connectivity index (χ2n) is 4.25. The van der Waals surface area contributed by atoms with E-state index in [4.69, 9.17) is 11.6 Å². The molecule has 0 fully saturated rings. The fourth-order valence-corrected chi connectivity index (χ4v) is 1.80. The number of hydrogen-bond donors (Lipinski definition) is 0. The van der Waals surface area contributed by atoms with Crippen molar-refractivity contribution in [2.24, 2.45) is 0 Å². The van der Waals surface area contributed by atoms with Crippen LogP contribution in [0.15, 0.2) is 41.9 Å². The third-order valence-corrected chi connectivity index (χ3v) is 2.57. The molecule has 0 spiro atoms. The standard InChI is InChI=1S/C16H20ClN/c1-3-4-5-9-12-18(13-15(2)17)14-16-10-7-6-8-11-16/h6-8,10-11H,2-4,12-14H2,1H3. The number of halogens is 1. The van der Waals surface area contributed by atoms with Crippen molar-refractivity contribution in [3.05, 3.63) is 47.5 Å². The quantitative estimate of drug-likeness (QED) is 0.699. The van der Waals surface area contributed by atoms with Gasteiger partial charge in [-0.1, -0.05) is 61.4 Å². The highest BCUT2D eigenvalue weighted by Gasteiger charge is 2.05. The van der Waals surface area contributed by atoms with E-state index in [1.54, 1.807) is 0 Å². The molecule has 0 saturated heterocycles. The van der Waals surface area contributed by atoms with Crippen molar-refractivity contribution in [1.82, 2.24) is 4.90 Å². The summed E-state index contributed by atoms with van der Waals surface area (Å²) < 4.78 is 0. The maximum Gasteiger partial charge on any atom is 0.0608 e. The molecule has 1 aromatic rings. The minimum atomic E-state index is 0.656.